The van der Waals surface area contributed by atoms with E-state index in [-0.39, 0.29) is 12.1 Å². The second kappa shape index (κ2) is 4.78. The van der Waals surface area contributed by atoms with Crippen LogP contribution >= 0.6 is 0 Å². The Labute approximate surface area is 93.8 Å². The molecule has 1 aromatic carbocycles. The Hall–Kier alpha value is -1.16. The predicted octanol–water partition coefficient (Wildman–Crippen LogP) is 2.65. The Balaban J connectivity index is 2.07. The highest BCUT2D eigenvalue weighted by Gasteiger charge is 2.22. The van der Waals surface area contributed by atoms with E-state index in [1.807, 2.05) is 0 Å². The average Bonchev–Trinajstić information content (AvgIpc) is 2.25. The summed E-state index contributed by atoms with van der Waals surface area (Å²) < 4.78 is 26.1. The van der Waals surface area contributed by atoms with Gasteiger partial charge < -0.3 is 11.1 Å². The minimum atomic E-state index is -0.559. The third kappa shape index (κ3) is 2.50. The van der Waals surface area contributed by atoms with Gasteiger partial charge in [-0.1, -0.05) is 12.8 Å². The quantitative estimate of drug-likeness (QED) is 0.813. The lowest BCUT2D eigenvalue weighted by atomic mass is 9.91. The van der Waals surface area contributed by atoms with Crippen LogP contribution in [0, 0.1) is 11.6 Å². The van der Waals surface area contributed by atoms with Crippen molar-refractivity contribution < 1.29 is 8.78 Å². The van der Waals surface area contributed by atoms with E-state index in [0.717, 1.165) is 31.7 Å². The number of nitrogens with two attached hydrogens (primary N) is 1. The van der Waals surface area contributed by atoms with Crippen molar-refractivity contribution in [1.29, 1.82) is 0 Å². The largest absolute Gasteiger partial charge is 0.378 e. The molecule has 1 aliphatic carbocycles. The molecule has 0 unspecified atom stereocenters. The topological polar surface area (TPSA) is 38.0 Å². The molecule has 2 rings (SSSR count). The smallest absolute Gasteiger partial charge is 0.149 e. The van der Waals surface area contributed by atoms with Crippen LogP contribution in [0.2, 0.25) is 0 Å². The molecule has 2 nitrogen and oxygen atoms in total. The van der Waals surface area contributed by atoms with E-state index >= 15 is 0 Å². The monoisotopic (exact) mass is 226 g/mol. The Morgan fingerprint density at radius 1 is 1.19 bits per heavy atom. The molecule has 16 heavy (non-hydrogen) atoms. The number of hydrogen-bond acceptors (Lipinski definition) is 2. The molecular formula is C12H16F2N2. The molecule has 1 aromatic rings. The van der Waals surface area contributed by atoms with Crippen LogP contribution in [0.4, 0.5) is 14.5 Å². The summed E-state index contributed by atoms with van der Waals surface area (Å²) in [5.74, 6) is -1.12. The highest BCUT2D eigenvalue weighted by molar-refractivity contribution is 5.46. The van der Waals surface area contributed by atoms with Crippen LogP contribution in [0.3, 0.4) is 0 Å². The van der Waals surface area contributed by atoms with Crippen LogP contribution in [0.1, 0.15) is 25.7 Å². The molecule has 3 N–H and O–H groups in total. The third-order valence-corrected chi connectivity index (χ3v) is 3.09. The van der Waals surface area contributed by atoms with Crippen LogP contribution < -0.4 is 11.1 Å². The first-order chi connectivity index (χ1) is 7.66. The summed E-state index contributed by atoms with van der Waals surface area (Å²) >= 11 is 0. The molecule has 2 atom stereocenters. The summed E-state index contributed by atoms with van der Waals surface area (Å²) in [4.78, 5) is 0. The number of benzene rings is 1. The van der Waals surface area contributed by atoms with E-state index in [1.54, 1.807) is 0 Å². The summed E-state index contributed by atoms with van der Waals surface area (Å²) in [6.45, 7) is 0. The van der Waals surface area contributed by atoms with Gasteiger partial charge in [0.15, 0.2) is 0 Å². The number of anilines is 1. The van der Waals surface area contributed by atoms with Crippen molar-refractivity contribution in [2.45, 2.75) is 37.8 Å². The van der Waals surface area contributed by atoms with Gasteiger partial charge in [-0.3, -0.25) is 0 Å². The minimum absolute atomic E-state index is 0.0539. The number of rotatable bonds is 2. The third-order valence-electron chi connectivity index (χ3n) is 3.09. The van der Waals surface area contributed by atoms with Crippen molar-refractivity contribution in [2.24, 2.45) is 5.73 Å². The Kier molecular flexibility index (Phi) is 3.39. The number of hydrogen-bond donors (Lipinski definition) is 2. The SMILES string of the molecule is N[C@H]1CCCC[C@H]1Nc1ccc(F)cc1F. The number of nitrogens with one attached hydrogen (secondary N) is 1. The van der Waals surface area contributed by atoms with Gasteiger partial charge in [-0.05, 0) is 25.0 Å². The fraction of sp³-hybridized carbons (Fsp3) is 0.500. The van der Waals surface area contributed by atoms with Crippen LogP contribution in [0.25, 0.3) is 0 Å². The molecule has 88 valence electrons. The molecular weight excluding hydrogens is 210 g/mol. The summed E-state index contributed by atoms with van der Waals surface area (Å²) in [6, 6.07) is 3.70. The van der Waals surface area contributed by atoms with E-state index in [0.29, 0.717) is 5.69 Å². The summed E-state index contributed by atoms with van der Waals surface area (Å²) in [7, 11) is 0. The van der Waals surface area contributed by atoms with Crippen LogP contribution in [0.15, 0.2) is 18.2 Å². The Morgan fingerprint density at radius 2 is 1.94 bits per heavy atom. The van der Waals surface area contributed by atoms with Gasteiger partial charge in [-0.25, -0.2) is 8.78 Å². The van der Waals surface area contributed by atoms with Crippen molar-refractivity contribution in [3.63, 3.8) is 0 Å². The van der Waals surface area contributed by atoms with Gasteiger partial charge in [0.25, 0.3) is 0 Å². The maximum Gasteiger partial charge on any atom is 0.149 e. The van der Waals surface area contributed by atoms with Gasteiger partial charge in [-0.15, -0.1) is 0 Å². The maximum atomic E-state index is 13.4. The lowest BCUT2D eigenvalue weighted by Gasteiger charge is -2.30. The highest BCUT2D eigenvalue weighted by Crippen LogP contribution is 2.23. The number of halogens is 2. The molecule has 0 aromatic heterocycles. The fourth-order valence-electron chi connectivity index (χ4n) is 2.15. The molecule has 0 spiro atoms. The zero-order valence-electron chi connectivity index (χ0n) is 9.05. The molecule has 0 saturated heterocycles. The lowest BCUT2D eigenvalue weighted by molar-refractivity contribution is 0.402. The first-order valence-corrected chi connectivity index (χ1v) is 5.64. The average molecular weight is 226 g/mol. The summed E-state index contributed by atoms with van der Waals surface area (Å²) in [5.41, 5.74) is 6.28. The summed E-state index contributed by atoms with van der Waals surface area (Å²) in [6.07, 6.45) is 4.14. The second-order valence-electron chi connectivity index (χ2n) is 4.32. The molecule has 0 bridgehead atoms. The normalized spacial score (nSPS) is 25.4. The fourth-order valence-corrected chi connectivity index (χ4v) is 2.15. The molecule has 0 aliphatic heterocycles. The van der Waals surface area contributed by atoms with Gasteiger partial charge >= 0.3 is 0 Å². The van der Waals surface area contributed by atoms with E-state index in [1.165, 1.54) is 12.1 Å². The van der Waals surface area contributed by atoms with Crippen molar-refractivity contribution in [3.05, 3.63) is 29.8 Å². The lowest BCUT2D eigenvalue weighted by Crippen LogP contribution is -2.42. The van der Waals surface area contributed by atoms with Crippen LogP contribution in [-0.4, -0.2) is 12.1 Å². The Morgan fingerprint density at radius 3 is 2.62 bits per heavy atom. The van der Waals surface area contributed by atoms with Crippen molar-refractivity contribution in [2.75, 3.05) is 5.32 Å². The molecule has 4 heteroatoms. The Bertz CT molecular complexity index is 368. The van der Waals surface area contributed by atoms with E-state index < -0.39 is 11.6 Å². The van der Waals surface area contributed by atoms with E-state index in [9.17, 15) is 8.78 Å². The van der Waals surface area contributed by atoms with Gasteiger partial charge in [0.05, 0.1) is 5.69 Å². The second-order valence-corrected chi connectivity index (χ2v) is 4.32. The van der Waals surface area contributed by atoms with E-state index in [2.05, 4.69) is 5.32 Å². The first-order valence-electron chi connectivity index (χ1n) is 5.64. The van der Waals surface area contributed by atoms with Crippen molar-refractivity contribution >= 4 is 5.69 Å². The molecule has 0 heterocycles. The van der Waals surface area contributed by atoms with Crippen molar-refractivity contribution in [1.82, 2.24) is 0 Å². The maximum absolute atomic E-state index is 13.4. The van der Waals surface area contributed by atoms with Crippen molar-refractivity contribution in [3.8, 4) is 0 Å². The molecule has 1 fully saturated rings. The zero-order chi connectivity index (χ0) is 11.5. The minimum Gasteiger partial charge on any atom is -0.378 e. The predicted molar refractivity (Wildman–Crippen MR) is 60.2 cm³/mol. The zero-order valence-corrected chi connectivity index (χ0v) is 9.05. The van der Waals surface area contributed by atoms with Crippen LogP contribution in [-0.2, 0) is 0 Å². The van der Waals surface area contributed by atoms with Gasteiger partial charge in [0, 0.05) is 18.2 Å². The molecule has 0 amide bonds. The highest BCUT2D eigenvalue weighted by atomic mass is 19.1. The molecule has 1 aliphatic rings. The standard InChI is InChI=1S/C12H16F2N2/c13-8-5-6-11(9(14)7-8)16-12-4-2-1-3-10(12)15/h5-7,10,12,16H,1-4,15H2/t10-,12+/m0/s1. The van der Waals surface area contributed by atoms with Crippen LogP contribution in [0.5, 0.6) is 0 Å². The van der Waals surface area contributed by atoms with E-state index in [4.69, 9.17) is 5.73 Å². The van der Waals surface area contributed by atoms with Gasteiger partial charge in [0.2, 0.25) is 0 Å². The first kappa shape index (κ1) is 11.3. The molecule has 0 radical (unpaired) electrons. The molecule has 1 saturated carbocycles. The van der Waals surface area contributed by atoms with Gasteiger partial charge in [0.1, 0.15) is 11.6 Å². The summed E-state index contributed by atoms with van der Waals surface area (Å²) in [5, 5.41) is 3.06. The van der Waals surface area contributed by atoms with Gasteiger partial charge in [-0.2, -0.15) is 0 Å².